The van der Waals surface area contributed by atoms with Gasteiger partial charge in [-0.15, -0.1) is 0 Å². The highest BCUT2D eigenvalue weighted by Gasteiger charge is 2.48. The third kappa shape index (κ3) is 8.23. The number of likely N-dealkylation sites (tertiary alicyclic amines) is 1. The van der Waals surface area contributed by atoms with E-state index >= 15 is 0 Å². The monoisotopic (exact) mass is 845 g/mol. The lowest BCUT2D eigenvalue weighted by molar-refractivity contribution is -0.148. The third-order valence-electron chi connectivity index (χ3n) is 13.3. The molecule has 8 rings (SSSR count). The number of anilines is 1. The first-order chi connectivity index (χ1) is 27.5. The van der Waals surface area contributed by atoms with Crippen molar-refractivity contribution < 1.29 is 41.4 Å². The minimum Gasteiger partial charge on any atom is -0.490 e. The summed E-state index contributed by atoms with van der Waals surface area (Å²) in [5, 5.41) is 13.1. The second-order valence-corrected chi connectivity index (χ2v) is 19.7. The van der Waals surface area contributed by atoms with Gasteiger partial charge in [-0.05, 0) is 97.2 Å². The number of rotatable bonds is 7. The molecular formula is C42H54ClF2N5O7S. The molecular weight excluding hydrogens is 792 g/mol. The Kier molecular flexibility index (Phi) is 11.4. The molecule has 2 aliphatic carbocycles. The van der Waals surface area contributed by atoms with Crippen LogP contribution in [-0.4, -0.2) is 124 Å². The average molecular weight is 846 g/mol. The lowest BCUT2D eigenvalue weighted by Crippen LogP contribution is -2.57. The molecule has 2 aromatic carbocycles. The van der Waals surface area contributed by atoms with Crippen molar-refractivity contribution in [3.63, 3.8) is 0 Å². The van der Waals surface area contributed by atoms with Crippen LogP contribution in [0.5, 0.6) is 5.75 Å². The van der Waals surface area contributed by atoms with Crippen molar-refractivity contribution in [1.29, 1.82) is 0 Å². The fourth-order valence-corrected chi connectivity index (χ4v) is 11.3. The number of carbonyl (C=O) groups is 2. The number of nitrogens with zero attached hydrogens (tertiary/aromatic N) is 4. The molecule has 0 radical (unpaired) electrons. The zero-order valence-corrected chi connectivity index (χ0v) is 34.7. The second-order valence-electron chi connectivity index (χ2n) is 17.6. The van der Waals surface area contributed by atoms with E-state index in [9.17, 15) is 31.9 Å². The summed E-state index contributed by atoms with van der Waals surface area (Å²) < 4.78 is 70.1. The number of halogens is 3. The molecule has 58 heavy (non-hydrogen) atoms. The SMILES string of the molecule is CC1CN(S(=O)(=O)NC(=O)[C@@]2(O)CC(=O)N(C)CC/C=C/[C@H](OCCN3CC(F)(F)C3)[C@@H]3CC[C@H]3CN3C[C@@]4(CCCc5cc(Cl)ccc54)COc4ccc2cc43)C1. The fraction of sp³-hybridized carbons (Fsp3) is 0.619. The maximum Gasteiger partial charge on any atom is 0.303 e. The Morgan fingerprint density at radius 1 is 1.10 bits per heavy atom. The number of fused-ring (bicyclic) bond motifs is 4. The minimum absolute atomic E-state index is 0.0768. The summed E-state index contributed by atoms with van der Waals surface area (Å²) in [5.74, 6) is -3.42. The normalized spacial score (nSPS) is 31.1. The molecule has 12 nitrogen and oxygen atoms in total. The van der Waals surface area contributed by atoms with Crippen molar-refractivity contribution in [3.8, 4) is 5.75 Å². The van der Waals surface area contributed by atoms with Crippen LogP contribution in [0.1, 0.15) is 62.1 Å². The van der Waals surface area contributed by atoms with Crippen molar-refractivity contribution in [2.75, 3.05) is 77.5 Å². The van der Waals surface area contributed by atoms with Gasteiger partial charge in [0.05, 0.1) is 44.5 Å². The van der Waals surface area contributed by atoms with E-state index in [2.05, 4.69) is 15.7 Å². The molecule has 2 N–H and O–H groups in total. The van der Waals surface area contributed by atoms with Crippen LogP contribution in [0, 0.1) is 17.8 Å². The number of nitrogens with one attached hydrogen (secondary N) is 1. The summed E-state index contributed by atoms with van der Waals surface area (Å²) in [5.41, 5.74) is 0.0963. The van der Waals surface area contributed by atoms with Crippen molar-refractivity contribution in [1.82, 2.24) is 18.8 Å². The zero-order chi connectivity index (χ0) is 41.0. The summed E-state index contributed by atoms with van der Waals surface area (Å²) in [6.45, 7) is 4.38. The van der Waals surface area contributed by atoms with E-state index < -0.39 is 45.4 Å². The molecule has 3 fully saturated rings. The number of aliphatic hydroxyl groups is 1. The first-order valence-corrected chi connectivity index (χ1v) is 22.3. The number of hydrogen-bond donors (Lipinski definition) is 2. The van der Waals surface area contributed by atoms with E-state index in [1.165, 1.54) is 16.0 Å². The lowest BCUT2D eigenvalue weighted by atomic mass is 9.68. The number of aryl methyl sites for hydroxylation is 1. The second kappa shape index (κ2) is 15.9. The Morgan fingerprint density at radius 3 is 2.62 bits per heavy atom. The van der Waals surface area contributed by atoms with E-state index in [0.29, 0.717) is 55.7 Å². The van der Waals surface area contributed by atoms with Gasteiger partial charge in [0.25, 0.3) is 11.8 Å². The highest BCUT2D eigenvalue weighted by molar-refractivity contribution is 7.87. The Morgan fingerprint density at radius 2 is 1.90 bits per heavy atom. The predicted molar refractivity (Wildman–Crippen MR) is 215 cm³/mol. The molecule has 16 heteroatoms. The molecule has 2 amide bonds. The summed E-state index contributed by atoms with van der Waals surface area (Å²) >= 11 is 6.48. The predicted octanol–water partition coefficient (Wildman–Crippen LogP) is 4.48. The highest BCUT2D eigenvalue weighted by atomic mass is 35.5. The van der Waals surface area contributed by atoms with E-state index in [1.807, 2.05) is 31.2 Å². The maximum absolute atomic E-state index is 14.1. The van der Waals surface area contributed by atoms with Crippen LogP contribution in [0.15, 0.2) is 48.6 Å². The summed E-state index contributed by atoms with van der Waals surface area (Å²) in [6.07, 6.45) is 8.01. The standard InChI is InChI=1S/C42H54ClF2N5O7S/c1-28-21-50(22-28)58(54,55)46-39(52)42(53)20-38(51)47(2)15-4-3-7-36(56-17-16-48-25-41(44,45)26-48)33-11-8-30(33)23-49-24-40(27-57-37-13-9-31(42)19-35(37)49)14-5-6-29-18-32(43)10-12-34(29)40/h3,7,9-10,12-13,18-19,28,30,33,36,53H,4-6,8,11,14-17,20-27H2,1-2H3,(H,46,52)/b7-3+/t30-,33+,36-,40-,42+/m0/s1. The van der Waals surface area contributed by atoms with E-state index in [0.717, 1.165) is 36.4 Å². The Bertz CT molecular complexity index is 2040. The van der Waals surface area contributed by atoms with E-state index in [1.54, 1.807) is 30.1 Å². The number of amides is 2. The molecule has 2 saturated heterocycles. The molecule has 4 aliphatic heterocycles. The van der Waals surface area contributed by atoms with Crippen LogP contribution < -0.4 is 14.4 Å². The molecule has 1 saturated carbocycles. The number of alkyl halides is 2. The average Bonchev–Trinajstić information content (AvgIpc) is 3.28. The van der Waals surface area contributed by atoms with Crippen LogP contribution in [0.25, 0.3) is 0 Å². The van der Waals surface area contributed by atoms with Crippen molar-refractivity contribution in [2.24, 2.45) is 17.8 Å². The number of hydrogen-bond acceptors (Lipinski definition) is 9. The zero-order valence-electron chi connectivity index (χ0n) is 33.2. The van der Waals surface area contributed by atoms with Crippen LogP contribution in [0.3, 0.4) is 0 Å². The van der Waals surface area contributed by atoms with Crippen LogP contribution in [0.4, 0.5) is 14.5 Å². The largest absolute Gasteiger partial charge is 0.490 e. The lowest BCUT2D eigenvalue weighted by Gasteiger charge is -2.46. The van der Waals surface area contributed by atoms with Crippen LogP contribution >= 0.6 is 11.6 Å². The van der Waals surface area contributed by atoms with E-state index in [-0.39, 0.29) is 62.1 Å². The van der Waals surface area contributed by atoms with Gasteiger partial charge in [0.1, 0.15) is 5.75 Å². The summed E-state index contributed by atoms with van der Waals surface area (Å²) in [6, 6.07) is 11.0. The Balaban J connectivity index is 1.16. The van der Waals surface area contributed by atoms with Crippen molar-refractivity contribution >= 4 is 39.3 Å². The van der Waals surface area contributed by atoms with Gasteiger partial charge in [-0.3, -0.25) is 14.5 Å². The first-order valence-electron chi connectivity index (χ1n) is 20.5. The van der Waals surface area contributed by atoms with Gasteiger partial charge in [0.2, 0.25) is 5.91 Å². The molecule has 4 heterocycles. The van der Waals surface area contributed by atoms with Crippen molar-refractivity contribution in [2.45, 2.75) is 74.9 Å². The smallest absolute Gasteiger partial charge is 0.303 e. The molecule has 316 valence electrons. The number of benzene rings is 2. The van der Waals surface area contributed by atoms with Gasteiger partial charge >= 0.3 is 10.2 Å². The Labute approximate surface area is 344 Å². The summed E-state index contributed by atoms with van der Waals surface area (Å²) in [7, 11) is -2.71. The molecule has 0 unspecified atom stereocenters. The van der Waals surface area contributed by atoms with Gasteiger partial charge in [-0.25, -0.2) is 13.5 Å². The van der Waals surface area contributed by atoms with Gasteiger partial charge < -0.3 is 24.4 Å². The van der Waals surface area contributed by atoms with Crippen LogP contribution in [-0.2, 0) is 42.0 Å². The molecule has 0 aromatic heterocycles. The fourth-order valence-electron chi connectivity index (χ4n) is 9.71. The third-order valence-corrected chi connectivity index (χ3v) is 14.9. The highest BCUT2D eigenvalue weighted by Crippen LogP contribution is 2.48. The summed E-state index contributed by atoms with van der Waals surface area (Å²) in [4.78, 5) is 33.4. The minimum atomic E-state index is -4.28. The molecule has 2 bridgehead atoms. The van der Waals surface area contributed by atoms with Gasteiger partial charge in [0.15, 0.2) is 5.60 Å². The van der Waals surface area contributed by atoms with Gasteiger partial charge in [-0.1, -0.05) is 42.8 Å². The van der Waals surface area contributed by atoms with Gasteiger partial charge in [-0.2, -0.15) is 12.7 Å². The van der Waals surface area contributed by atoms with E-state index in [4.69, 9.17) is 21.1 Å². The first kappa shape index (κ1) is 41.4. The maximum atomic E-state index is 14.1. The molecule has 1 spiro atoms. The molecule has 6 aliphatic rings. The number of carbonyl (C=O) groups excluding carboxylic acids is 2. The van der Waals surface area contributed by atoms with Crippen LogP contribution in [0.2, 0.25) is 5.02 Å². The quantitative estimate of drug-likeness (QED) is 0.388. The molecule has 5 atom stereocenters. The van der Waals surface area contributed by atoms with Crippen molar-refractivity contribution in [3.05, 3.63) is 70.3 Å². The Hall–Kier alpha value is -3.34. The molecule has 2 aromatic rings. The number of ether oxygens (including phenoxy) is 2. The topological polar surface area (TPSA) is 132 Å². The van der Waals surface area contributed by atoms with Gasteiger partial charge in [0, 0.05) is 56.8 Å².